The molecule has 114 valence electrons. The van der Waals surface area contributed by atoms with E-state index in [0.717, 1.165) is 33.2 Å². The summed E-state index contributed by atoms with van der Waals surface area (Å²) >= 11 is 7.03. The molecule has 0 spiro atoms. The molecular weight excluding hydrogens is 391 g/mol. The average Bonchev–Trinajstić information content (AvgIpc) is 2.53. The van der Waals surface area contributed by atoms with Crippen molar-refractivity contribution in [2.75, 3.05) is 5.73 Å². The average molecular weight is 414 g/mol. The van der Waals surface area contributed by atoms with Gasteiger partial charge in [-0.1, -0.05) is 53.9 Å². The van der Waals surface area contributed by atoms with E-state index in [9.17, 15) is 0 Å². The highest BCUT2D eigenvalue weighted by Crippen LogP contribution is 2.29. The first-order valence-corrected chi connectivity index (χ1v) is 9.37. The van der Waals surface area contributed by atoms with Crippen LogP contribution in [0.2, 0.25) is 5.82 Å². The fraction of sp³-hybridized carbons (Fsp3) is 0.625. The lowest BCUT2D eigenvalue weighted by Gasteiger charge is -2.19. The van der Waals surface area contributed by atoms with Crippen molar-refractivity contribution in [2.24, 2.45) is 0 Å². The predicted octanol–water partition coefficient (Wildman–Crippen LogP) is 4.95. The van der Waals surface area contributed by atoms with Crippen LogP contribution in [0.4, 0.5) is 5.69 Å². The van der Waals surface area contributed by atoms with Crippen molar-refractivity contribution < 1.29 is 0 Å². The second kappa shape index (κ2) is 8.59. The Hall–Kier alpha value is 0.00494. The number of nitrogen functional groups attached to an aromatic ring is 1. The van der Waals surface area contributed by atoms with E-state index >= 15 is 0 Å². The molecule has 1 fully saturated rings. The fourth-order valence-corrected chi connectivity index (χ4v) is 4.27. The molecule has 0 aromatic heterocycles. The van der Waals surface area contributed by atoms with E-state index in [4.69, 9.17) is 13.6 Å². The summed E-state index contributed by atoms with van der Waals surface area (Å²) in [6.07, 6.45) is 8.52. The minimum absolute atomic E-state index is 0.403. The highest BCUT2D eigenvalue weighted by atomic mass is 79.9. The Morgan fingerprint density at radius 1 is 1.10 bits per heavy atom. The van der Waals surface area contributed by atoms with Crippen LogP contribution in [-0.4, -0.2) is 13.9 Å². The van der Waals surface area contributed by atoms with Crippen molar-refractivity contribution in [3.63, 3.8) is 0 Å². The first kappa shape index (κ1) is 17.4. The van der Waals surface area contributed by atoms with Crippen LogP contribution in [-0.2, 0) is 6.54 Å². The van der Waals surface area contributed by atoms with Gasteiger partial charge in [0.25, 0.3) is 0 Å². The summed E-state index contributed by atoms with van der Waals surface area (Å²) in [4.78, 5) is 0. The van der Waals surface area contributed by atoms with Crippen molar-refractivity contribution in [1.29, 1.82) is 0 Å². The van der Waals surface area contributed by atoms with Crippen molar-refractivity contribution >= 4 is 45.4 Å². The van der Waals surface area contributed by atoms with Crippen molar-refractivity contribution in [3.8, 4) is 0 Å². The molecule has 1 saturated carbocycles. The standard InChI is InChI=1S/C16H23BBr2N2/c17-12-4-1-2-6-14(7-3-5-12)21-10-11-8-13(18)9-15(19)16(11)20/h8-9,12,14,21H,1-7,10,20H2. The summed E-state index contributed by atoms with van der Waals surface area (Å²) in [5, 5.41) is 3.68. The number of nitrogens with one attached hydrogen (secondary N) is 1. The van der Waals surface area contributed by atoms with E-state index < -0.39 is 0 Å². The monoisotopic (exact) mass is 412 g/mol. The molecule has 0 amide bonds. The van der Waals surface area contributed by atoms with Gasteiger partial charge in [-0.2, -0.15) is 0 Å². The summed E-state index contributed by atoms with van der Waals surface area (Å²) < 4.78 is 2.01. The molecule has 0 bridgehead atoms. The molecule has 2 nitrogen and oxygen atoms in total. The number of anilines is 1. The van der Waals surface area contributed by atoms with E-state index in [-0.39, 0.29) is 0 Å². The lowest BCUT2D eigenvalue weighted by Crippen LogP contribution is -2.28. The number of nitrogens with two attached hydrogens (primary N) is 1. The number of hydrogen-bond donors (Lipinski definition) is 2. The molecule has 1 aliphatic carbocycles. The third-order valence-corrected chi connectivity index (χ3v) is 5.38. The Morgan fingerprint density at radius 3 is 2.57 bits per heavy atom. The number of benzene rings is 1. The smallest absolute Gasteiger partial charge is 0.0699 e. The van der Waals surface area contributed by atoms with Gasteiger partial charge in [0.2, 0.25) is 0 Å². The van der Waals surface area contributed by atoms with Crippen LogP contribution in [0.25, 0.3) is 0 Å². The molecule has 21 heavy (non-hydrogen) atoms. The van der Waals surface area contributed by atoms with E-state index in [1.54, 1.807) is 0 Å². The third kappa shape index (κ3) is 5.61. The largest absolute Gasteiger partial charge is 0.398 e. The number of halogens is 2. The van der Waals surface area contributed by atoms with Crippen LogP contribution in [0.15, 0.2) is 21.1 Å². The Labute approximate surface area is 146 Å². The molecule has 1 aromatic carbocycles. The normalized spacial score (nSPS) is 24.1. The maximum Gasteiger partial charge on any atom is 0.0699 e. The van der Waals surface area contributed by atoms with Crippen LogP contribution in [0.3, 0.4) is 0 Å². The quantitative estimate of drug-likeness (QED) is 0.543. The maximum atomic E-state index is 6.14. The molecule has 2 rings (SSSR count). The molecule has 0 heterocycles. The maximum absolute atomic E-state index is 6.14. The van der Waals surface area contributed by atoms with Gasteiger partial charge in [0.05, 0.1) is 13.5 Å². The predicted molar refractivity (Wildman–Crippen MR) is 98.7 cm³/mol. The zero-order valence-electron chi connectivity index (χ0n) is 12.4. The SMILES string of the molecule is [B]C1CCCCC(NCc2cc(Br)cc(Br)c2N)CCC1. The van der Waals surface area contributed by atoms with Crippen LogP contribution < -0.4 is 11.1 Å². The molecule has 3 N–H and O–H groups in total. The molecule has 2 radical (unpaired) electrons. The van der Waals surface area contributed by atoms with Gasteiger partial charge in [-0.15, -0.1) is 0 Å². The summed E-state index contributed by atoms with van der Waals surface area (Å²) in [7, 11) is 6.09. The Balaban J connectivity index is 1.92. The minimum atomic E-state index is 0.403. The van der Waals surface area contributed by atoms with Gasteiger partial charge in [-0.25, -0.2) is 0 Å². The van der Waals surface area contributed by atoms with Gasteiger partial charge >= 0.3 is 0 Å². The van der Waals surface area contributed by atoms with Gasteiger partial charge in [0.1, 0.15) is 0 Å². The van der Waals surface area contributed by atoms with Gasteiger partial charge in [-0.3, -0.25) is 0 Å². The highest BCUT2D eigenvalue weighted by Gasteiger charge is 2.14. The molecule has 1 aromatic rings. The van der Waals surface area contributed by atoms with E-state index in [0.29, 0.717) is 11.9 Å². The second-order valence-corrected chi connectivity index (χ2v) is 7.78. The molecular formula is C16H23BBr2N2. The first-order valence-electron chi connectivity index (χ1n) is 7.78. The molecule has 1 aliphatic rings. The number of rotatable bonds is 3. The topological polar surface area (TPSA) is 38.0 Å². The van der Waals surface area contributed by atoms with Crippen molar-refractivity contribution in [2.45, 2.75) is 63.3 Å². The van der Waals surface area contributed by atoms with E-state index in [2.05, 4.69) is 43.2 Å². The highest BCUT2D eigenvalue weighted by molar-refractivity contribution is 9.11. The minimum Gasteiger partial charge on any atom is -0.398 e. The van der Waals surface area contributed by atoms with Gasteiger partial charge < -0.3 is 11.1 Å². The van der Waals surface area contributed by atoms with Crippen molar-refractivity contribution in [3.05, 3.63) is 26.6 Å². The van der Waals surface area contributed by atoms with Crippen LogP contribution in [0.5, 0.6) is 0 Å². The molecule has 2 atom stereocenters. The zero-order chi connectivity index (χ0) is 15.2. The van der Waals surface area contributed by atoms with Gasteiger partial charge in [0, 0.05) is 21.5 Å². The zero-order valence-corrected chi connectivity index (χ0v) is 15.5. The fourth-order valence-electron chi connectivity index (χ4n) is 2.96. The molecule has 2 unspecified atom stereocenters. The second-order valence-electron chi connectivity index (χ2n) is 6.01. The summed E-state index contributed by atoms with van der Waals surface area (Å²) in [6.45, 7) is 0.820. The lowest BCUT2D eigenvalue weighted by molar-refractivity contribution is 0.433. The van der Waals surface area contributed by atoms with Gasteiger partial charge in [0.15, 0.2) is 0 Å². The van der Waals surface area contributed by atoms with Crippen LogP contribution in [0, 0.1) is 0 Å². The number of hydrogen-bond acceptors (Lipinski definition) is 2. The third-order valence-electron chi connectivity index (χ3n) is 4.27. The van der Waals surface area contributed by atoms with Crippen LogP contribution in [0.1, 0.15) is 50.5 Å². The van der Waals surface area contributed by atoms with Crippen molar-refractivity contribution in [1.82, 2.24) is 5.32 Å². The lowest BCUT2D eigenvalue weighted by atomic mass is 9.80. The summed E-state index contributed by atoms with van der Waals surface area (Å²) in [6, 6.07) is 4.66. The molecule has 5 heteroatoms. The Morgan fingerprint density at radius 2 is 1.76 bits per heavy atom. The molecule has 0 aliphatic heterocycles. The summed E-state index contributed by atoms with van der Waals surface area (Å²) in [5.41, 5.74) is 8.12. The van der Waals surface area contributed by atoms with Crippen LogP contribution >= 0.6 is 31.9 Å². The Bertz CT molecular complexity index is 468. The van der Waals surface area contributed by atoms with E-state index in [1.165, 1.54) is 38.5 Å². The molecule has 0 saturated heterocycles. The Kier molecular flexibility index (Phi) is 7.10. The summed E-state index contributed by atoms with van der Waals surface area (Å²) in [5.74, 6) is 0.403. The van der Waals surface area contributed by atoms with Gasteiger partial charge in [-0.05, 0) is 46.5 Å². The first-order chi connectivity index (χ1) is 10.1. The van der Waals surface area contributed by atoms with E-state index in [1.807, 2.05) is 6.07 Å².